The van der Waals surface area contributed by atoms with E-state index in [0.717, 1.165) is 44.8 Å². The number of hydrogen-bond donors (Lipinski definition) is 0. The number of para-hydroxylation sites is 2. The Bertz CT molecular complexity index is 2280. The maximum Gasteiger partial charge on any atom is 0.136 e. The summed E-state index contributed by atoms with van der Waals surface area (Å²) in [4.78, 5) is 2.30. The van der Waals surface area contributed by atoms with E-state index in [1.165, 1.54) is 32.9 Å². The first-order valence-electron chi connectivity index (χ1n) is 16.2. The van der Waals surface area contributed by atoms with E-state index in [-0.39, 0.29) is 5.41 Å². The van der Waals surface area contributed by atoms with Gasteiger partial charge in [0.25, 0.3) is 0 Å². The lowest BCUT2D eigenvalue weighted by molar-refractivity contribution is 0.516. The summed E-state index contributed by atoms with van der Waals surface area (Å²) in [7, 11) is 0. The van der Waals surface area contributed by atoms with Crippen molar-refractivity contribution in [2.75, 3.05) is 4.90 Å². The zero-order valence-corrected chi connectivity index (χ0v) is 27.5. The van der Waals surface area contributed by atoms with Gasteiger partial charge in [-0.1, -0.05) is 131 Å². The Morgan fingerprint density at radius 2 is 1.28 bits per heavy atom. The quantitative estimate of drug-likeness (QED) is 0.167. The predicted molar refractivity (Wildman–Crippen MR) is 203 cm³/mol. The molecule has 47 heavy (non-hydrogen) atoms. The van der Waals surface area contributed by atoms with Gasteiger partial charge in [-0.3, -0.25) is 0 Å². The van der Waals surface area contributed by atoms with Crippen LogP contribution in [0.1, 0.15) is 33.3 Å². The topological polar surface area (TPSA) is 16.4 Å². The molecule has 0 bridgehead atoms. The second kappa shape index (κ2) is 12.3. The smallest absolute Gasteiger partial charge is 0.136 e. The van der Waals surface area contributed by atoms with Gasteiger partial charge in [0, 0.05) is 33.2 Å². The van der Waals surface area contributed by atoms with E-state index >= 15 is 0 Å². The van der Waals surface area contributed by atoms with Gasteiger partial charge in [0.1, 0.15) is 11.2 Å². The van der Waals surface area contributed by atoms with Crippen molar-refractivity contribution in [1.29, 1.82) is 0 Å². The Kier molecular flexibility index (Phi) is 7.87. The van der Waals surface area contributed by atoms with Crippen molar-refractivity contribution in [2.24, 2.45) is 5.41 Å². The molecule has 0 spiro atoms. The zero-order valence-electron chi connectivity index (χ0n) is 27.5. The number of fused-ring (bicyclic) bond motifs is 5. The van der Waals surface area contributed by atoms with Gasteiger partial charge in [0.05, 0.1) is 0 Å². The normalized spacial score (nSPS) is 12.4. The Hall–Kier alpha value is -5.60. The van der Waals surface area contributed by atoms with Crippen LogP contribution in [0.4, 0.5) is 17.1 Å². The third-order valence-electron chi connectivity index (χ3n) is 8.97. The fourth-order valence-electron chi connectivity index (χ4n) is 6.54. The molecule has 1 aromatic heterocycles. The number of anilines is 3. The third kappa shape index (κ3) is 5.79. The van der Waals surface area contributed by atoms with Crippen molar-refractivity contribution in [3.63, 3.8) is 0 Å². The first kappa shape index (κ1) is 30.1. The lowest BCUT2D eigenvalue weighted by atomic mass is 9.85. The minimum atomic E-state index is 0.0919. The third-order valence-corrected chi connectivity index (χ3v) is 8.97. The largest absolute Gasteiger partial charge is 0.456 e. The SMILES string of the molecule is C=C(/C=C\C(=C/C)C(C)(C)C)c1ccc(N(c2ccccc2)c2ccc(-c3cccc4ccc5oc6ccccc6c5c34)cc2)cc1. The standard InChI is InChI=1S/C45H39NO/c1-6-35(45(3,4)5)25-19-31(2)32-20-26-37(27-21-32)46(36-14-8-7-9-15-36)38-28-22-33(23-29-38)39-17-12-13-34-24-30-42-44(43(34)39)40-16-10-11-18-41(40)47-42/h6-30H,2H2,1,3-5H3/b25-19-,35-6+. The summed E-state index contributed by atoms with van der Waals surface area (Å²) >= 11 is 0. The van der Waals surface area contributed by atoms with Crippen molar-refractivity contribution >= 4 is 55.3 Å². The minimum absolute atomic E-state index is 0.0919. The molecule has 0 amide bonds. The first-order valence-corrected chi connectivity index (χ1v) is 16.2. The molecule has 0 saturated heterocycles. The van der Waals surface area contributed by atoms with Gasteiger partial charge in [-0.25, -0.2) is 0 Å². The number of benzene rings is 6. The summed E-state index contributed by atoms with van der Waals surface area (Å²) in [6.45, 7) is 13.2. The molecule has 2 nitrogen and oxygen atoms in total. The second-order valence-electron chi connectivity index (χ2n) is 13.1. The monoisotopic (exact) mass is 609 g/mol. The zero-order chi connectivity index (χ0) is 32.5. The van der Waals surface area contributed by atoms with Crippen LogP contribution >= 0.6 is 0 Å². The van der Waals surface area contributed by atoms with Crippen LogP contribution in [0.3, 0.4) is 0 Å². The van der Waals surface area contributed by atoms with Gasteiger partial charge in [0.2, 0.25) is 0 Å². The average molecular weight is 610 g/mol. The van der Waals surface area contributed by atoms with Crippen LogP contribution in [-0.2, 0) is 0 Å². The number of allylic oxidation sites excluding steroid dienone is 5. The van der Waals surface area contributed by atoms with Crippen molar-refractivity contribution < 1.29 is 4.42 Å². The van der Waals surface area contributed by atoms with Gasteiger partial charge in [0.15, 0.2) is 0 Å². The summed E-state index contributed by atoms with van der Waals surface area (Å²) in [6.07, 6.45) is 6.48. The summed E-state index contributed by atoms with van der Waals surface area (Å²) in [5.41, 5.74) is 10.9. The molecule has 0 aliphatic heterocycles. The van der Waals surface area contributed by atoms with E-state index in [2.05, 4.69) is 179 Å². The fourth-order valence-corrected chi connectivity index (χ4v) is 6.54. The summed E-state index contributed by atoms with van der Waals surface area (Å²) in [5, 5.41) is 4.73. The molecule has 7 rings (SSSR count). The molecule has 7 aromatic rings. The maximum atomic E-state index is 6.25. The van der Waals surface area contributed by atoms with Crippen molar-refractivity contribution in [2.45, 2.75) is 27.7 Å². The van der Waals surface area contributed by atoms with E-state index in [1.54, 1.807) is 0 Å². The Balaban J connectivity index is 1.25. The van der Waals surface area contributed by atoms with Crippen LogP contribution in [0.15, 0.2) is 168 Å². The van der Waals surface area contributed by atoms with E-state index < -0.39 is 0 Å². The van der Waals surface area contributed by atoms with Crippen LogP contribution in [0.25, 0.3) is 49.4 Å². The fraction of sp³-hybridized carbons (Fsp3) is 0.111. The van der Waals surface area contributed by atoms with E-state index in [9.17, 15) is 0 Å². The van der Waals surface area contributed by atoms with Gasteiger partial charge in [-0.05, 0) is 94.1 Å². The molecule has 0 aliphatic carbocycles. The van der Waals surface area contributed by atoms with Crippen molar-refractivity contribution in [1.82, 2.24) is 0 Å². The molecule has 230 valence electrons. The number of nitrogens with zero attached hydrogens (tertiary/aromatic N) is 1. The lowest BCUT2D eigenvalue weighted by Crippen LogP contribution is -2.09. The average Bonchev–Trinajstić information content (AvgIpc) is 3.48. The Morgan fingerprint density at radius 1 is 0.617 bits per heavy atom. The van der Waals surface area contributed by atoms with Crippen LogP contribution in [0.2, 0.25) is 0 Å². The maximum absolute atomic E-state index is 6.25. The molecular formula is C45H39NO. The van der Waals surface area contributed by atoms with Crippen LogP contribution in [-0.4, -0.2) is 0 Å². The molecule has 0 radical (unpaired) electrons. The number of furan rings is 1. The van der Waals surface area contributed by atoms with Crippen LogP contribution in [0, 0.1) is 5.41 Å². The Labute approximate surface area is 277 Å². The molecular weight excluding hydrogens is 571 g/mol. The highest BCUT2D eigenvalue weighted by atomic mass is 16.3. The molecule has 0 aliphatic rings. The summed E-state index contributed by atoms with van der Waals surface area (Å²) < 4.78 is 6.25. The molecule has 1 heterocycles. The van der Waals surface area contributed by atoms with Crippen LogP contribution < -0.4 is 4.90 Å². The molecule has 6 aromatic carbocycles. The Morgan fingerprint density at radius 3 is 1.98 bits per heavy atom. The van der Waals surface area contributed by atoms with E-state index in [1.807, 2.05) is 12.1 Å². The number of rotatable bonds is 7. The second-order valence-corrected chi connectivity index (χ2v) is 13.1. The summed E-state index contributed by atoms with van der Waals surface area (Å²) in [5.74, 6) is 0. The molecule has 0 saturated carbocycles. The molecule has 0 unspecified atom stereocenters. The highest BCUT2D eigenvalue weighted by Crippen LogP contribution is 2.41. The lowest BCUT2D eigenvalue weighted by Gasteiger charge is -2.26. The highest BCUT2D eigenvalue weighted by molar-refractivity contribution is 6.22. The van der Waals surface area contributed by atoms with E-state index in [4.69, 9.17) is 4.42 Å². The van der Waals surface area contributed by atoms with Crippen LogP contribution in [0.5, 0.6) is 0 Å². The van der Waals surface area contributed by atoms with E-state index in [0.29, 0.717) is 0 Å². The highest BCUT2D eigenvalue weighted by Gasteiger charge is 2.17. The molecule has 0 atom stereocenters. The first-order chi connectivity index (χ1) is 22.8. The van der Waals surface area contributed by atoms with Crippen molar-refractivity contribution in [3.8, 4) is 11.1 Å². The predicted octanol–water partition coefficient (Wildman–Crippen LogP) is 13.4. The molecule has 0 N–H and O–H groups in total. The van der Waals surface area contributed by atoms with Crippen molar-refractivity contribution in [3.05, 3.63) is 169 Å². The van der Waals surface area contributed by atoms with Gasteiger partial charge >= 0.3 is 0 Å². The minimum Gasteiger partial charge on any atom is -0.456 e. The summed E-state index contributed by atoms with van der Waals surface area (Å²) in [6, 6.07) is 47.2. The van der Waals surface area contributed by atoms with Gasteiger partial charge in [-0.2, -0.15) is 0 Å². The van der Waals surface area contributed by atoms with Gasteiger partial charge in [-0.15, -0.1) is 0 Å². The molecule has 2 heteroatoms. The molecule has 0 fully saturated rings. The van der Waals surface area contributed by atoms with Gasteiger partial charge < -0.3 is 9.32 Å². The number of hydrogen-bond acceptors (Lipinski definition) is 2.